The molecule has 1 fully saturated rings. The van der Waals surface area contributed by atoms with Crippen molar-refractivity contribution in [2.24, 2.45) is 0 Å². The summed E-state index contributed by atoms with van der Waals surface area (Å²) in [5.74, 6) is 1.91. The predicted molar refractivity (Wildman–Crippen MR) is 74.1 cm³/mol. The third-order valence-corrected chi connectivity index (χ3v) is 3.56. The fourth-order valence-electron chi connectivity index (χ4n) is 2.55. The van der Waals surface area contributed by atoms with E-state index in [-0.39, 0.29) is 12.0 Å². The van der Waals surface area contributed by atoms with Gasteiger partial charge < -0.3 is 15.1 Å². The van der Waals surface area contributed by atoms with Gasteiger partial charge in [0.1, 0.15) is 16.7 Å². The van der Waals surface area contributed by atoms with Crippen LogP contribution in [0.3, 0.4) is 0 Å². The molecule has 0 spiro atoms. The molecule has 1 atom stereocenters. The fraction of sp³-hybridized carbons (Fsp3) is 0.385. The highest BCUT2D eigenvalue weighted by Gasteiger charge is 2.27. The van der Waals surface area contributed by atoms with E-state index >= 15 is 0 Å². The highest BCUT2D eigenvalue weighted by atomic mass is 35.5. The molecule has 19 heavy (non-hydrogen) atoms. The molecular weight excluding hydrogens is 264 g/mol. The van der Waals surface area contributed by atoms with Crippen LogP contribution in [0.25, 0.3) is 0 Å². The highest BCUT2D eigenvalue weighted by molar-refractivity contribution is 6.29. The molecule has 0 amide bonds. The smallest absolute Gasteiger partial charge is 0.223 e. The van der Waals surface area contributed by atoms with Crippen molar-refractivity contribution < 1.29 is 4.42 Å². The average Bonchev–Trinajstić information content (AvgIpc) is 2.91. The Morgan fingerprint density at radius 1 is 1.37 bits per heavy atom. The van der Waals surface area contributed by atoms with Crippen LogP contribution in [-0.2, 0) is 0 Å². The zero-order chi connectivity index (χ0) is 13.2. The number of aromatic nitrogens is 2. The molecule has 1 saturated heterocycles. The molecule has 5 nitrogen and oxygen atoms in total. The molecular formula is C13H15ClN4O. The third-order valence-electron chi connectivity index (χ3n) is 3.37. The van der Waals surface area contributed by atoms with Crippen molar-refractivity contribution in [2.45, 2.75) is 25.3 Å². The first kappa shape index (κ1) is 12.3. The van der Waals surface area contributed by atoms with Crippen molar-refractivity contribution in [1.82, 2.24) is 9.97 Å². The first-order chi connectivity index (χ1) is 9.24. The number of piperidine rings is 1. The predicted octanol–water partition coefficient (Wildman–Crippen LogP) is 3.04. The van der Waals surface area contributed by atoms with Gasteiger partial charge in [-0.3, -0.25) is 0 Å². The summed E-state index contributed by atoms with van der Waals surface area (Å²) >= 11 is 5.96. The Bertz CT molecular complexity index is 538. The van der Waals surface area contributed by atoms with Crippen LogP contribution in [0.1, 0.15) is 31.1 Å². The maximum absolute atomic E-state index is 5.96. The lowest BCUT2D eigenvalue weighted by atomic mass is 10.00. The third kappa shape index (κ3) is 2.51. The molecule has 0 aliphatic carbocycles. The van der Waals surface area contributed by atoms with Gasteiger partial charge in [-0.25, -0.2) is 4.98 Å². The van der Waals surface area contributed by atoms with Crippen LogP contribution < -0.4 is 10.6 Å². The van der Waals surface area contributed by atoms with Crippen molar-refractivity contribution in [3.63, 3.8) is 0 Å². The molecule has 0 aromatic carbocycles. The van der Waals surface area contributed by atoms with Crippen molar-refractivity contribution >= 4 is 23.4 Å². The maximum atomic E-state index is 5.96. The van der Waals surface area contributed by atoms with E-state index in [1.165, 1.54) is 6.42 Å². The van der Waals surface area contributed by atoms with Gasteiger partial charge in [-0.05, 0) is 31.4 Å². The van der Waals surface area contributed by atoms with E-state index in [0.717, 1.165) is 31.0 Å². The van der Waals surface area contributed by atoms with E-state index in [1.807, 2.05) is 12.1 Å². The standard InChI is InChI=1S/C13H15ClN4O/c14-11-8-12(17-13(15)16-11)18-6-2-1-4-9(18)10-5-3-7-19-10/h3,5,7-9H,1-2,4,6H2,(H2,15,16,17)/t9-/m0/s1. The van der Waals surface area contributed by atoms with Crippen molar-refractivity contribution in [3.8, 4) is 0 Å². The Hall–Kier alpha value is -1.75. The van der Waals surface area contributed by atoms with E-state index in [1.54, 1.807) is 12.3 Å². The zero-order valence-electron chi connectivity index (χ0n) is 10.4. The number of furan rings is 1. The Kier molecular flexibility index (Phi) is 3.29. The van der Waals surface area contributed by atoms with Crippen molar-refractivity contribution in [1.29, 1.82) is 0 Å². The second-order valence-corrected chi connectivity index (χ2v) is 5.01. The number of hydrogen-bond donors (Lipinski definition) is 1. The summed E-state index contributed by atoms with van der Waals surface area (Å²) in [6.45, 7) is 0.915. The number of halogens is 1. The van der Waals surface area contributed by atoms with Gasteiger partial charge in [0.2, 0.25) is 5.95 Å². The molecule has 6 heteroatoms. The van der Waals surface area contributed by atoms with Gasteiger partial charge in [0.25, 0.3) is 0 Å². The monoisotopic (exact) mass is 278 g/mol. The number of anilines is 2. The number of nitrogens with zero attached hydrogens (tertiary/aromatic N) is 3. The summed E-state index contributed by atoms with van der Waals surface area (Å²) in [4.78, 5) is 10.4. The molecule has 0 saturated carbocycles. The SMILES string of the molecule is Nc1nc(Cl)cc(N2CCCC[C@H]2c2ccco2)n1. The number of rotatable bonds is 2. The first-order valence-corrected chi connectivity index (χ1v) is 6.72. The maximum Gasteiger partial charge on any atom is 0.223 e. The van der Waals surface area contributed by atoms with Crippen LogP contribution in [-0.4, -0.2) is 16.5 Å². The molecule has 0 radical (unpaired) electrons. The number of hydrogen-bond acceptors (Lipinski definition) is 5. The van der Waals surface area contributed by atoms with Crippen molar-refractivity contribution in [2.75, 3.05) is 17.2 Å². The summed E-state index contributed by atoms with van der Waals surface area (Å²) < 4.78 is 5.54. The molecule has 3 heterocycles. The minimum atomic E-state index is 0.189. The molecule has 0 unspecified atom stereocenters. The lowest BCUT2D eigenvalue weighted by Gasteiger charge is -2.35. The highest BCUT2D eigenvalue weighted by Crippen LogP contribution is 2.35. The van der Waals surface area contributed by atoms with Crippen LogP contribution in [0, 0.1) is 0 Å². The lowest BCUT2D eigenvalue weighted by molar-refractivity contribution is 0.389. The Morgan fingerprint density at radius 2 is 2.26 bits per heavy atom. The van der Waals surface area contributed by atoms with Crippen LogP contribution in [0.15, 0.2) is 28.9 Å². The van der Waals surface area contributed by atoms with E-state index in [4.69, 9.17) is 21.8 Å². The van der Waals surface area contributed by atoms with Gasteiger partial charge in [-0.2, -0.15) is 4.98 Å². The van der Waals surface area contributed by atoms with Gasteiger partial charge in [-0.1, -0.05) is 11.6 Å². The zero-order valence-corrected chi connectivity index (χ0v) is 11.2. The summed E-state index contributed by atoms with van der Waals surface area (Å²) in [5, 5.41) is 0.367. The normalized spacial score (nSPS) is 19.6. The topological polar surface area (TPSA) is 68.2 Å². The van der Waals surface area contributed by atoms with Gasteiger partial charge >= 0.3 is 0 Å². The van der Waals surface area contributed by atoms with Gasteiger partial charge in [0, 0.05) is 12.6 Å². The second kappa shape index (κ2) is 5.09. The van der Waals surface area contributed by atoms with Gasteiger partial charge in [0.15, 0.2) is 0 Å². The largest absolute Gasteiger partial charge is 0.467 e. The summed E-state index contributed by atoms with van der Waals surface area (Å²) in [7, 11) is 0. The van der Waals surface area contributed by atoms with Gasteiger partial charge in [0.05, 0.1) is 12.3 Å². The summed E-state index contributed by atoms with van der Waals surface area (Å²) in [6.07, 6.45) is 5.04. The van der Waals surface area contributed by atoms with Crippen LogP contribution in [0.4, 0.5) is 11.8 Å². The number of nitrogens with two attached hydrogens (primary N) is 1. The average molecular weight is 279 g/mol. The van der Waals surface area contributed by atoms with E-state index in [9.17, 15) is 0 Å². The first-order valence-electron chi connectivity index (χ1n) is 6.34. The van der Waals surface area contributed by atoms with Crippen LogP contribution >= 0.6 is 11.6 Å². The molecule has 1 aliphatic rings. The minimum absolute atomic E-state index is 0.189. The molecule has 1 aliphatic heterocycles. The minimum Gasteiger partial charge on any atom is -0.467 e. The lowest BCUT2D eigenvalue weighted by Crippen LogP contribution is -2.34. The van der Waals surface area contributed by atoms with Crippen LogP contribution in [0.2, 0.25) is 5.15 Å². The Morgan fingerprint density at radius 3 is 3.00 bits per heavy atom. The molecule has 2 aromatic heterocycles. The number of nitrogen functional groups attached to an aromatic ring is 1. The molecule has 0 bridgehead atoms. The quantitative estimate of drug-likeness (QED) is 0.855. The van der Waals surface area contributed by atoms with E-state index < -0.39 is 0 Å². The molecule has 2 N–H and O–H groups in total. The molecule has 100 valence electrons. The molecule has 3 rings (SSSR count). The second-order valence-electron chi connectivity index (χ2n) is 4.63. The summed E-state index contributed by atoms with van der Waals surface area (Å²) in [6, 6.07) is 5.84. The van der Waals surface area contributed by atoms with E-state index in [0.29, 0.717) is 5.15 Å². The fourth-order valence-corrected chi connectivity index (χ4v) is 2.74. The summed E-state index contributed by atoms with van der Waals surface area (Å²) in [5.41, 5.74) is 5.67. The van der Waals surface area contributed by atoms with Crippen LogP contribution in [0.5, 0.6) is 0 Å². The Labute approximate surface area is 116 Å². The van der Waals surface area contributed by atoms with E-state index in [2.05, 4.69) is 14.9 Å². The van der Waals surface area contributed by atoms with Gasteiger partial charge in [-0.15, -0.1) is 0 Å². The van der Waals surface area contributed by atoms with Crippen molar-refractivity contribution in [3.05, 3.63) is 35.4 Å². The Balaban J connectivity index is 1.96. The molecule has 2 aromatic rings.